The van der Waals surface area contributed by atoms with Gasteiger partial charge in [-0.25, -0.2) is 0 Å². The molecule has 0 aromatic heterocycles. The van der Waals surface area contributed by atoms with Gasteiger partial charge in [0.05, 0.1) is 0 Å². The molecule has 8 aromatic rings. The van der Waals surface area contributed by atoms with E-state index in [0.29, 0.717) is 0 Å². The number of para-hydroxylation sites is 1. The Hall–Kier alpha value is -6.18. The van der Waals surface area contributed by atoms with Gasteiger partial charge in [-0.1, -0.05) is 140 Å². The number of rotatable bonds is 6. The first-order valence-corrected chi connectivity index (χ1v) is 17.6. The normalized spacial score (nSPS) is 12.3. The van der Waals surface area contributed by atoms with Crippen LogP contribution in [0.3, 0.4) is 0 Å². The number of allylic oxidation sites excluding steroid dienone is 1. The Labute approximate surface area is 294 Å². The van der Waals surface area contributed by atoms with Crippen LogP contribution in [0.25, 0.3) is 61.0 Å². The predicted octanol–water partition coefficient (Wildman–Crippen LogP) is 13.7. The number of anilines is 3. The van der Waals surface area contributed by atoms with E-state index < -0.39 is 0 Å². The van der Waals surface area contributed by atoms with Crippen LogP contribution in [0.5, 0.6) is 0 Å². The van der Waals surface area contributed by atoms with E-state index in [2.05, 4.69) is 194 Å². The monoisotopic (exact) mass is 639 g/mol. The summed E-state index contributed by atoms with van der Waals surface area (Å²) in [6, 6.07) is 62.1. The average molecular weight is 640 g/mol. The highest BCUT2D eigenvalue weighted by Crippen LogP contribution is 2.50. The maximum Gasteiger partial charge on any atom is 0.0468 e. The van der Waals surface area contributed by atoms with Crippen molar-refractivity contribution in [3.05, 3.63) is 193 Å². The van der Waals surface area contributed by atoms with Gasteiger partial charge in [0.25, 0.3) is 0 Å². The van der Waals surface area contributed by atoms with Crippen molar-refractivity contribution in [2.75, 3.05) is 4.90 Å². The van der Waals surface area contributed by atoms with Crippen LogP contribution in [0.4, 0.5) is 17.1 Å². The van der Waals surface area contributed by atoms with E-state index in [1.54, 1.807) is 0 Å². The molecule has 0 fully saturated rings. The van der Waals surface area contributed by atoms with Gasteiger partial charge < -0.3 is 4.90 Å². The molecule has 9 rings (SSSR count). The highest BCUT2D eigenvalue weighted by molar-refractivity contribution is 6.25. The average Bonchev–Trinajstić information content (AvgIpc) is 3.19. The molecular formula is C49H37N. The zero-order chi connectivity index (χ0) is 33.4. The van der Waals surface area contributed by atoms with Crippen molar-refractivity contribution < 1.29 is 0 Å². The van der Waals surface area contributed by atoms with Gasteiger partial charge >= 0.3 is 0 Å². The number of hydrogen-bond donors (Lipinski definition) is 0. The van der Waals surface area contributed by atoms with Gasteiger partial charge in [-0.15, -0.1) is 0 Å². The quantitative estimate of drug-likeness (QED) is 0.164. The maximum absolute atomic E-state index is 2.45. The summed E-state index contributed by atoms with van der Waals surface area (Å²) in [5.41, 5.74) is 15.0. The van der Waals surface area contributed by atoms with Gasteiger partial charge in [0, 0.05) is 17.1 Å². The lowest BCUT2D eigenvalue weighted by atomic mass is 9.78. The van der Waals surface area contributed by atoms with E-state index in [4.69, 9.17) is 0 Å². The van der Waals surface area contributed by atoms with Gasteiger partial charge in [-0.3, -0.25) is 0 Å². The van der Waals surface area contributed by atoms with E-state index in [-0.39, 0.29) is 0 Å². The van der Waals surface area contributed by atoms with Gasteiger partial charge in [0.1, 0.15) is 0 Å². The SMILES string of the molecule is Cc1cccc(N(c2ccccc2)c2ccc3c(c2)c2c(c4c(-c5ccccc5)cc(-c5ccccc5)c(-c5ccccc5)c43)C=CCC2)c1. The smallest absolute Gasteiger partial charge is 0.0468 e. The van der Waals surface area contributed by atoms with Crippen LogP contribution < -0.4 is 4.90 Å². The third-order valence-electron chi connectivity index (χ3n) is 10.1. The van der Waals surface area contributed by atoms with Crippen LogP contribution in [-0.4, -0.2) is 0 Å². The molecule has 1 nitrogen and oxygen atoms in total. The molecule has 0 N–H and O–H groups in total. The Morgan fingerprint density at radius 2 is 1.06 bits per heavy atom. The lowest BCUT2D eigenvalue weighted by Crippen LogP contribution is -2.10. The molecule has 0 heterocycles. The molecule has 0 atom stereocenters. The van der Waals surface area contributed by atoms with E-state index in [9.17, 15) is 0 Å². The third-order valence-corrected chi connectivity index (χ3v) is 10.1. The minimum absolute atomic E-state index is 1.01. The summed E-state index contributed by atoms with van der Waals surface area (Å²) >= 11 is 0. The fraction of sp³-hybridized carbons (Fsp3) is 0.0612. The van der Waals surface area contributed by atoms with Crippen LogP contribution in [0, 0.1) is 6.92 Å². The summed E-state index contributed by atoms with van der Waals surface area (Å²) in [7, 11) is 0. The molecule has 0 bridgehead atoms. The first kappa shape index (κ1) is 29.9. The Kier molecular flexibility index (Phi) is 7.59. The molecule has 238 valence electrons. The first-order valence-electron chi connectivity index (χ1n) is 17.6. The maximum atomic E-state index is 2.45. The van der Waals surface area contributed by atoms with Crippen molar-refractivity contribution >= 4 is 44.7 Å². The van der Waals surface area contributed by atoms with Crippen LogP contribution in [0.1, 0.15) is 23.1 Å². The second kappa shape index (κ2) is 12.7. The highest BCUT2D eigenvalue weighted by Gasteiger charge is 2.25. The lowest BCUT2D eigenvalue weighted by Gasteiger charge is -2.28. The van der Waals surface area contributed by atoms with Crippen molar-refractivity contribution in [2.24, 2.45) is 0 Å². The minimum Gasteiger partial charge on any atom is -0.310 e. The third kappa shape index (κ3) is 5.19. The molecule has 0 unspecified atom stereocenters. The molecule has 0 spiro atoms. The summed E-state index contributed by atoms with van der Waals surface area (Å²) in [6.07, 6.45) is 6.80. The summed E-state index contributed by atoms with van der Waals surface area (Å²) in [4.78, 5) is 2.40. The van der Waals surface area contributed by atoms with E-state index in [0.717, 1.165) is 29.9 Å². The fourth-order valence-electron chi connectivity index (χ4n) is 7.94. The molecule has 0 saturated heterocycles. The van der Waals surface area contributed by atoms with Crippen molar-refractivity contribution in [3.63, 3.8) is 0 Å². The molecule has 0 aliphatic heterocycles. The Morgan fingerprint density at radius 3 is 1.74 bits per heavy atom. The zero-order valence-electron chi connectivity index (χ0n) is 28.2. The van der Waals surface area contributed by atoms with Crippen molar-refractivity contribution in [1.82, 2.24) is 0 Å². The van der Waals surface area contributed by atoms with Crippen LogP contribution in [0.2, 0.25) is 0 Å². The Morgan fingerprint density at radius 1 is 0.460 bits per heavy atom. The summed E-state index contributed by atoms with van der Waals surface area (Å²) in [6.45, 7) is 2.17. The van der Waals surface area contributed by atoms with Crippen molar-refractivity contribution in [1.29, 1.82) is 0 Å². The number of aryl methyl sites for hydroxylation is 2. The van der Waals surface area contributed by atoms with E-state index >= 15 is 0 Å². The van der Waals surface area contributed by atoms with Crippen molar-refractivity contribution in [3.8, 4) is 33.4 Å². The van der Waals surface area contributed by atoms with Gasteiger partial charge in [0.15, 0.2) is 0 Å². The molecule has 8 aromatic carbocycles. The van der Waals surface area contributed by atoms with Gasteiger partial charge in [0.2, 0.25) is 0 Å². The number of hydrogen-bond acceptors (Lipinski definition) is 1. The second-order valence-corrected chi connectivity index (χ2v) is 13.3. The minimum atomic E-state index is 1.01. The van der Waals surface area contributed by atoms with E-state index in [1.165, 1.54) is 71.6 Å². The van der Waals surface area contributed by atoms with Crippen molar-refractivity contribution in [2.45, 2.75) is 19.8 Å². The van der Waals surface area contributed by atoms with Crippen LogP contribution in [0.15, 0.2) is 176 Å². The molecule has 1 heteroatoms. The predicted molar refractivity (Wildman–Crippen MR) is 215 cm³/mol. The fourth-order valence-corrected chi connectivity index (χ4v) is 7.94. The molecule has 0 amide bonds. The number of fused-ring (bicyclic) bond motifs is 6. The topological polar surface area (TPSA) is 3.24 Å². The molecule has 0 radical (unpaired) electrons. The second-order valence-electron chi connectivity index (χ2n) is 13.3. The lowest BCUT2D eigenvalue weighted by molar-refractivity contribution is 1.00. The standard InChI is InChI=1S/C49H37N/c1-34-17-16-26-39(31-34)50(38-24-12-5-13-25-38)40-29-30-43-46(32-40)41-27-14-15-28-42(41)48-45(36-20-8-3-9-21-36)33-44(35-18-6-2-7-19-35)47(49(43)48)37-22-10-4-11-23-37/h2-13,15-26,28-33H,14,27H2,1H3. The van der Waals surface area contributed by atoms with Gasteiger partial charge in [-0.05, 0) is 134 Å². The molecular weight excluding hydrogens is 603 g/mol. The Balaban J connectivity index is 1.45. The largest absolute Gasteiger partial charge is 0.310 e. The number of benzene rings is 8. The highest BCUT2D eigenvalue weighted by atomic mass is 15.1. The first-order chi connectivity index (χ1) is 24.7. The molecule has 50 heavy (non-hydrogen) atoms. The van der Waals surface area contributed by atoms with Gasteiger partial charge in [-0.2, -0.15) is 0 Å². The summed E-state index contributed by atoms with van der Waals surface area (Å²) < 4.78 is 0. The Bertz CT molecular complexity index is 2510. The van der Waals surface area contributed by atoms with Crippen LogP contribution in [-0.2, 0) is 6.42 Å². The summed E-state index contributed by atoms with van der Waals surface area (Å²) in [5.74, 6) is 0. The summed E-state index contributed by atoms with van der Waals surface area (Å²) in [5, 5.41) is 5.26. The molecule has 1 aliphatic rings. The molecule has 1 aliphatic carbocycles. The molecule has 0 saturated carbocycles. The van der Waals surface area contributed by atoms with E-state index in [1.807, 2.05) is 0 Å². The zero-order valence-corrected chi connectivity index (χ0v) is 28.2. The number of nitrogens with zero attached hydrogens (tertiary/aromatic N) is 1. The van der Waals surface area contributed by atoms with Crippen LogP contribution >= 0.6 is 0 Å².